The monoisotopic (exact) mass is 1880 g/mol. The van der Waals surface area contributed by atoms with Gasteiger partial charge in [-0.3, -0.25) is 38.7 Å². The molecule has 5 aliphatic heterocycles. The van der Waals surface area contributed by atoms with Crippen LogP contribution >= 0.6 is 22.6 Å². The van der Waals surface area contributed by atoms with Gasteiger partial charge in [-0.1, -0.05) is 0 Å². The number of hydrogen-bond donors (Lipinski definition) is 6. The molecular weight excluding hydrogens is 1760 g/mol. The van der Waals surface area contributed by atoms with Gasteiger partial charge in [0, 0.05) is 141 Å². The molecule has 9 aromatic rings. The first kappa shape index (κ1) is 99.6. The number of anilines is 5. The van der Waals surface area contributed by atoms with Crippen molar-refractivity contribution in [2.24, 2.45) is 0 Å². The quantitative estimate of drug-likeness (QED) is 0.0172. The Bertz CT molecular complexity index is 5220. The summed E-state index contributed by atoms with van der Waals surface area (Å²) >= 11 is 2.04. The van der Waals surface area contributed by atoms with Crippen LogP contribution in [0, 0.1) is 48.3 Å². The minimum absolute atomic E-state index is 0.0505. The number of ether oxygens (including phenoxy) is 6. The van der Waals surface area contributed by atoms with E-state index in [1.54, 1.807) is 87.9 Å². The van der Waals surface area contributed by atoms with Crippen LogP contribution < -0.4 is 27.0 Å². The van der Waals surface area contributed by atoms with Crippen molar-refractivity contribution in [3.8, 4) is 0 Å². The zero-order valence-electron chi connectivity index (χ0n) is 76.1. The van der Waals surface area contributed by atoms with Gasteiger partial charge in [0.15, 0.2) is 11.6 Å². The number of piperidine rings is 5. The zero-order chi connectivity index (χ0) is 93.3. The Labute approximate surface area is 758 Å². The third kappa shape index (κ3) is 29.2. The Kier molecular flexibility index (Phi) is 35.8. The average Bonchev–Trinajstić information content (AvgIpc) is 1.69. The van der Waals surface area contributed by atoms with E-state index in [4.69, 9.17) is 29.4 Å². The number of esters is 3. The van der Waals surface area contributed by atoms with Gasteiger partial charge >= 0.3 is 48.0 Å². The molecule has 0 aromatic carbocycles. The maximum atomic E-state index is 12.4. The van der Waals surface area contributed by atoms with Crippen LogP contribution in [-0.4, -0.2) is 239 Å². The number of aromatic carboxylic acids is 1. The molecule has 5 aliphatic rings. The molecule has 0 bridgehead atoms. The highest BCUT2D eigenvalue weighted by Crippen LogP contribution is 2.33. The smallest absolute Gasteiger partial charge is 0.410 e. The summed E-state index contributed by atoms with van der Waals surface area (Å²) < 4.78 is 40.7. The fourth-order valence-corrected chi connectivity index (χ4v) is 15.1. The van der Waals surface area contributed by atoms with Crippen LogP contribution in [-0.2, 0) is 34.8 Å². The van der Waals surface area contributed by atoms with Gasteiger partial charge in [0.1, 0.15) is 22.6 Å². The van der Waals surface area contributed by atoms with Crippen LogP contribution in [0.2, 0.25) is 0 Å². The average molecular weight is 1880 g/mol. The summed E-state index contributed by atoms with van der Waals surface area (Å²) in [6.07, 6.45) is 31.8. The number of nitro groups is 1. The topological polar surface area (TPSA) is 463 Å². The molecule has 5 atom stereocenters. The Morgan fingerprint density at radius 2 is 0.844 bits per heavy atom. The molecule has 14 heterocycles. The van der Waals surface area contributed by atoms with E-state index in [2.05, 4.69) is 77.6 Å². The molecule has 5 fully saturated rings. The number of carbonyl (C=O) groups excluding carboxylic acids is 6. The summed E-state index contributed by atoms with van der Waals surface area (Å²) in [5.74, 6) is -0.312. The number of halogens is 1. The number of aryl methyl sites for hydroxylation is 5. The molecule has 9 aromatic heterocycles. The van der Waals surface area contributed by atoms with Gasteiger partial charge in [0.25, 0.3) is 0 Å². The number of aromatic nitrogens is 14. The van der Waals surface area contributed by atoms with E-state index < -0.39 is 39.6 Å². The van der Waals surface area contributed by atoms with E-state index in [1.165, 1.54) is 39.8 Å². The number of nitrogen functional groups attached to an aromatic ring is 1. The molecule has 5 unspecified atom stereocenters. The van der Waals surface area contributed by atoms with Crippen molar-refractivity contribution in [3.05, 3.63) is 180 Å². The second-order valence-electron chi connectivity index (χ2n) is 34.7. The van der Waals surface area contributed by atoms with Crippen molar-refractivity contribution >= 4 is 99.4 Å². The molecule has 40 heteroatoms. The van der Waals surface area contributed by atoms with Gasteiger partial charge in [0.05, 0.1) is 120 Å². The van der Waals surface area contributed by atoms with Crippen LogP contribution in [0.15, 0.2) is 105 Å². The molecule has 692 valence electrons. The van der Waals surface area contributed by atoms with Crippen LogP contribution in [0.4, 0.5) is 49.0 Å². The number of pyridine rings is 4. The molecule has 3 amide bonds. The predicted molar refractivity (Wildman–Crippen MR) is 486 cm³/mol. The normalized spacial score (nSPS) is 17.5. The van der Waals surface area contributed by atoms with Gasteiger partial charge in [-0.15, -0.1) is 0 Å². The SMILES string of the molecule is COC(=O)c1ccncc1I.COC(=O)c1ccncc1Nc1nn(C2CCCN(C(=O)OC(C)(C)C)C2)cc1C.COC(=O)c1ccncc1Nc1nn(C2CCCNC2)cc1C.Cc1cn(C2CCCN(C(=O)OC(C)(C)C)C2)nc1N.Cc1cn(C2CCCN(C(=O)OC(C)(C)C)C2)nc1[N+](=O)[O-].Cc1cn(C2CCCNC2)nc1Cc1cnccc1C(=O)O. The lowest BCUT2D eigenvalue weighted by Gasteiger charge is -2.34. The van der Waals surface area contributed by atoms with Crippen LogP contribution in [0.3, 0.4) is 0 Å². The van der Waals surface area contributed by atoms with E-state index in [1.807, 2.05) is 150 Å². The fourth-order valence-electron chi connectivity index (χ4n) is 14.5. The van der Waals surface area contributed by atoms with Gasteiger partial charge < -0.3 is 85.3 Å². The standard InChI is InChI=1S/C21H29N5O4.C16H21N5O2.C16H20N4O2.C14H22N4O4.C14H24N4O2.C7H6INO2/c1-14-12-26(15-7-6-10-25(13-15)20(28)30-21(2,3)4)24-18(14)23-17-11-22-9-8-16(17)19(27)29-5;1-11-10-21(12-4-3-6-17-8-12)20-15(11)19-14-9-18-7-5-13(14)16(22)23-2;1-11-10-20(13-3-2-5-17-9-13)19-15(11)7-12-8-18-6-4-14(12)16(21)22;1-10-8-17(15-12(10)18(20)21)11-6-5-7-16(9-11)13(19)22-14(2,3)4;1-10-8-18(16-12(10)15)11-6-5-7-17(9-11)13(19)20-14(2,3)4;1-11-7(10)5-2-3-9-4-6(5)8/h8-9,11-12,15H,6-7,10,13H2,1-5H3,(H,23,24);5,7,9-10,12,17H,3-4,6,8H2,1-2H3,(H,19,20);4,6,8,10,13,17H,2-3,5,7,9H2,1H3,(H,21,22);8,11H,5-7,9H2,1-4H3;8,11H,5-7,9H2,1-4H3,(H2,15,16);2-4H,1H3. The van der Waals surface area contributed by atoms with Crippen molar-refractivity contribution in [2.75, 3.05) is 103 Å². The number of hydrogen-bond acceptors (Lipinski definition) is 29. The van der Waals surface area contributed by atoms with Crippen molar-refractivity contribution in [1.82, 2.24) is 94.2 Å². The molecule has 5 saturated heterocycles. The van der Waals surface area contributed by atoms with E-state index in [-0.39, 0.29) is 48.2 Å². The van der Waals surface area contributed by atoms with Crippen LogP contribution in [0.1, 0.15) is 237 Å². The Morgan fingerprint density at radius 3 is 1.23 bits per heavy atom. The number of rotatable bonds is 16. The largest absolute Gasteiger partial charge is 0.478 e. The minimum Gasteiger partial charge on any atom is -0.478 e. The maximum Gasteiger partial charge on any atom is 0.410 e. The van der Waals surface area contributed by atoms with Gasteiger partial charge in [-0.2, -0.15) is 25.1 Å². The summed E-state index contributed by atoms with van der Waals surface area (Å²) in [4.78, 5) is 114. The number of nitrogens with two attached hydrogens (primary N) is 1. The van der Waals surface area contributed by atoms with E-state index >= 15 is 0 Å². The first-order valence-corrected chi connectivity index (χ1v) is 43.7. The molecule has 0 radical (unpaired) electrons. The molecule has 0 spiro atoms. The summed E-state index contributed by atoms with van der Waals surface area (Å²) in [7, 11) is 4.06. The summed E-state index contributed by atoms with van der Waals surface area (Å²) in [6, 6.07) is 7.31. The van der Waals surface area contributed by atoms with E-state index in [9.17, 15) is 48.8 Å². The van der Waals surface area contributed by atoms with E-state index in [0.717, 1.165) is 134 Å². The Hall–Kier alpha value is -12.2. The second kappa shape index (κ2) is 46.0. The number of likely N-dealkylation sites (tertiary alicyclic amines) is 3. The minimum atomic E-state index is -0.925. The number of nitrogens with zero attached hydrogens (tertiary/aromatic N) is 18. The maximum absolute atomic E-state index is 12.4. The number of carboxylic acid groups (broad SMARTS) is 1. The summed E-state index contributed by atoms with van der Waals surface area (Å²) in [5.41, 5.74) is 13.2. The van der Waals surface area contributed by atoms with Crippen molar-refractivity contribution in [1.29, 1.82) is 0 Å². The highest BCUT2D eigenvalue weighted by atomic mass is 127. The van der Waals surface area contributed by atoms with Crippen LogP contribution in [0.25, 0.3) is 0 Å². The summed E-state index contributed by atoms with van der Waals surface area (Å²) in [6.45, 7) is 33.9. The van der Waals surface area contributed by atoms with Crippen molar-refractivity contribution in [2.45, 2.75) is 215 Å². The second-order valence-corrected chi connectivity index (χ2v) is 35.8. The molecule has 39 nitrogen and oxygen atoms in total. The Balaban J connectivity index is 0.000000176. The lowest BCUT2D eigenvalue weighted by atomic mass is 10.0. The van der Waals surface area contributed by atoms with Gasteiger partial charge in [-0.05, 0) is 237 Å². The number of methoxy groups -OCH3 is 3. The first-order chi connectivity index (χ1) is 60.7. The third-order valence-corrected chi connectivity index (χ3v) is 21.9. The fraction of sp³-hybridized carbons (Fsp3) is 0.523. The molecule has 14 rings (SSSR count). The van der Waals surface area contributed by atoms with Crippen molar-refractivity contribution in [3.63, 3.8) is 0 Å². The molecule has 0 saturated carbocycles. The number of nitrogens with one attached hydrogen (secondary N) is 4. The molecule has 128 heavy (non-hydrogen) atoms. The molecule has 7 N–H and O–H groups in total. The van der Waals surface area contributed by atoms with Crippen molar-refractivity contribution < 1.29 is 72.0 Å². The Morgan fingerprint density at radius 1 is 0.484 bits per heavy atom. The van der Waals surface area contributed by atoms with Gasteiger partial charge in [-0.25, -0.2) is 33.6 Å². The van der Waals surface area contributed by atoms with Crippen LogP contribution in [0.5, 0.6) is 0 Å². The van der Waals surface area contributed by atoms with E-state index in [0.29, 0.717) is 108 Å². The lowest BCUT2D eigenvalue weighted by molar-refractivity contribution is -0.390. The lowest BCUT2D eigenvalue weighted by Crippen LogP contribution is -2.43. The number of carbonyl (C=O) groups is 7. The summed E-state index contributed by atoms with van der Waals surface area (Å²) in [5, 5.41) is 55.7. The predicted octanol–water partition coefficient (Wildman–Crippen LogP) is 14.0. The van der Waals surface area contributed by atoms with Gasteiger partial charge in [0.2, 0.25) is 0 Å². The highest BCUT2D eigenvalue weighted by molar-refractivity contribution is 14.1. The molecule has 0 aliphatic carbocycles. The third-order valence-electron chi connectivity index (χ3n) is 21.0. The number of carboxylic acids is 1. The number of amides is 3. The molecular formula is C88H122IN23O16. The zero-order valence-corrected chi connectivity index (χ0v) is 78.3. The first-order valence-electron chi connectivity index (χ1n) is 42.7. The highest BCUT2D eigenvalue weighted by Gasteiger charge is 2.35.